The van der Waals surface area contributed by atoms with Crippen LogP contribution in [0, 0.1) is 0 Å². The zero-order valence-corrected chi connectivity index (χ0v) is 16.5. The number of hydrogen-bond donors (Lipinski definition) is 0. The van der Waals surface area contributed by atoms with E-state index in [1.807, 2.05) is 4.57 Å². The van der Waals surface area contributed by atoms with Crippen LogP contribution in [-0.2, 0) is 18.5 Å². The minimum absolute atomic E-state index is 0. The van der Waals surface area contributed by atoms with E-state index in [0.717, 1.165) is 25.8 Å². The topological polar surface area (TPSA) is 8.81 Å². The number of aromatic nitrogens is 2. The highest BCUT2D eigenvalue weighted by molar-refractivity contribution is 6.39. The molecule has 1 aliphatic carbocycles. The van der Waals surface area contributed by atoms with Crippen molar-refractivity contribution in [1.29, 1.82) is 0 Å². The first-order chi connectivity index (χ1) is 10.6. The van der Waals surface area contributed by atoms with Crippen LogP contribution in [0.1, 0.15) is 37.8 Å². The second-order valence-corrected chi connectivity index (χ2v) is 6.64. The van der Waals surface area contributed by atoms with Crippen LogP contribution in [0.4, 0.5) is 0 Å². The Balaban J connectivity index is 0.00000192. The number of fused-ring (bicyclic) bond motifs is 1. The van der Waals surface area contributed by atoms with Gasteiger partial charge < -0.3 is 17.0 Å². The van der Waals surface area contributed by atoms with Crippen molar-refractivity contribution in [1.82, 2.24) is 4.57 Å². The van der Waals surface area contributed by atoms with Gasteiger partial charge in [-0.15, -0.1) is 0 Å². The molecule has 1 atom stereocenters. The number of nitrogens with zero attached hydrogens (tertiary/aromatic N) is 2. The van der Waals surface area contributed by atoms with Crippen LogP contribution in [0.25, 0.3) is 6.08 Å². The Hall–Kier alpha value is -0.770. The maximum absolute atomic E-state index is 6.55. The van der Waals surface area contributed by atoms with Crippen molar-refractivity contribution in [3.05, 3.63) is 58.1 Å². The molecule has 3 rings (SSSR count). The largest absolute Gasteiger partial charge is 1.00 e. The summed E-state index contributed by atoms with van der Waals surface area (Å²) in [7, 11) is 0. The summed E-state index contributed by atoms with van der Waals surface area (Å²) in [6, 6.07) is 8.53. The highest BCUT2D eigenvalue weighted by Crippen LogP contribution is 2.37. The van der Waals surface area contributed by atoms with Gasteiger partial charge in [-0.1, -0.05) is 44.2 Å². The number of imidazole rings is 1. The van der Waals surface area contributed by atoms with E-state index in [-0.39, 0.29) is 22.5 Å². The zero-order chi connectivity index (χ0) is 15.7. The number of rotatable bonds is 4. The van der Waals surface area contributed by atoms with Crippen LogP contribution in [0.3, 0.4) is 0 Å². The van der Waals surface area contributed by atoms with E-state index in [1.165, 1.54) is 11.1 Å². The molecule has 0 N–H and O–H groups in total. The fourth-order valence-electron chi connectivity index (χ4n) is 3.24. The second kappa shape index (κ2) is 7.42. The molecule has 0 amide bonds. The molecule has 1 aromatic carbocycles. The Bertz CT molecular complexity index is 724. The van der Waals surface area contributed by atoms with Crippen LogP contribution < -0.4 is 21.5 Å². The van der Waals surface area contributed by atoms with E-state index < -0.39 is 0 Å². The molecule has 0 aliphatic heterocycles. The van der Waals surface area contributed by atoms with Crippen molar-refractivity contribution in [3.8, 4) is 0 Å². The van der Waals surface area contributed by atoms with Crippen LogP contribution in [0.15, 0.2) is 36.7 Å². The average Bonchev–Trinajstić information content (AvgIpc) is 2.84. The molecular weight excluding hydrogens is 395 g/mol. The van der Waals surface area contributed by atoms with Gasteiger partial charge in [0, 0.05) is 6.42 Å². The fraction of sp³-hybridized carbons (Fsp3) is 0.389. The predicted octanol–water partition coefficient (Wildman–Crippen LogP) is 1.87. The van der Waals surface area contributed by atoms with E-state index in [4.69, 9.17) is 23.2 Å². The summed E-state index contributed by atoms with van der Waals surface area (Å²) in [4.78, 5) is 0. The molecule has 1 unspecified atom stereocenters. The minimum Gasteiger partial charge on any atom is -1.00 e. The van der Waals surface area contributed by atoms with Gasteiger partial charge in [-0.25, -0.2) is 9.13 Å². The Morgan fingerprint density at radius 1 is 1.22 bits per heavy atom. The quantitative estimate of drug-likeness (QED) is 0.674. The molecule has 1 aromatic heterocycles. The molecule has 0 fully saturated rings. The van der Waals surface area contributed by atoms with Crippen molar-refractivity contribution >= 4 is 29.3 Å². The smallest absolute Gasteiger partial charge is 0.255 e. The summed E-state index contributed by atoms with van der Waals surface area (Å²) in [6.45, 7) is 5.22. The van der Waals surface area contributed by atoms with Crippen molar-refractivity contribution < 1.29 is 21.5 Å². The molecule has 2 aromatic rings. The first-order valence-electron chi connectivity index (χ1n) is 7.84. The number of benzene rings is 1. The summed E-state index contributed by atoms with van der Waals surface area (Å²) in [6.07, 6.45) is 9.48. The molecule has 0 radical (unpaired) electrons. The molecule has 5 heteroatoms. The van der Waals surface area contributed by atoms with E-state index >= 15 is 0 Å². The monoisotopic (exact) mass is 414 g/mol. The molecule has 2 nitrogen and oxygen atoms in total. The molecule has 23 heavy (non-hydrogen) atoms. The maximum Gasteiger partial charge on any atom is 0.255 e. The summed E-state index contributed by atoms with van der Waals surface area (Å²) < 4.78 is 4.18. The molecule has 124 valence electrons. The third-order valence-corrected chi connectivity index (χ3v) is 5.42. The van der Waals surface area contributed by atoms with Crippen LogP contribution in [0.5, 0.6) is 0 Å². The lowest BCUT2D eigenvalue weighted by Crippen LogP contribution is -3.00. The summed E-state index contributed by atoms with van der Waals surface area (Å²) >= 11 is 13.0. The fourth-order valence-corrected chi connectivity index (χ4v) is 3.78. The lowest BCUT2D eigenvalue weighted by Gasteiger charge is -2.30. The van der Waals surface area contributed by atoms with Gasteiger partial charge in [0.05, 0.1) is 6.54 Å². The van der Waals surface area contributed by atoms with Gasteiger partial charge in [-0.3, -0.25) is 0 Å². The summed E-state index contributed by atoms with van der Waals surface area (Å²) in [5.74, 6) is 0. The Morgan fingerprint density at radius 3 is 2.65 bits per heavy atom. The van der Waals surface area contributed by atoms with Gasteiger partial charge in [0.1, 0.15) is 5.54 Å². The van der Waals surface area contributed by atoms with Gasteiger partial charge in [0.25, 0.3) is 10.3 Å². The Labute approximate surface area is 158 Å². The normalized spacial score (nSPS) is 19.3. The molecule has 0 saturated heterocycles. The van der Waals surface area contributed by atoms with E-state index in [0.29, 0.717) is 10.3 Å². The van der Waals surface area contributed by atoms with Crippen LogP contribution >= 0.6 is 23.2 Å². The number of halogens is 3. The van der Waals surface area contributed by atoms with Crippen LogP contribution in [0.2, 0.25) is 10.3 Å². The SMILES string of the molecule is CCC[n+]1cn(C2(CC)C=Cc3ccccc3C2)c(Cl)c1Cl.[Br-]. The standard InChI is InChI=1S/C18H21Cl2N2.BrH/c1-3-11-21-13-22(17(20)16(21)19)18(4-2)10-9-14-7-5-6-8-15(14)12-18;/h5-10,13H,3-4,11-12H2,1-2H3;1H/q+1;/p-1. The van der Waals surface area contributed by atoms with Gasteiger partial charge in [-0.05, 0) is 53.2 Å². The first kappa shape index (κ1) is 18.6. The van der Waals surface area contributed by atoms with Crippen molar-refractivity contribution in [2.45, 2.75) is 45.2 Å². The van der Waals surface area contributed by atoms with E-state index in [2.05, 4.69) is 61.2 Å². The summed E-state index contributed by atoms with van der Waals surface area (Å²) in [5, 5.41) is 1.25. The van der Waals surface area contributed by atoms with E-state index in [1.54, 1.807) is 0 Å². The lowest BCUT2D eigenvalue weighted by molar-refractivity contribution is -0.694. The third-order valence-electron chi connectivity index (χ3n) is 4.57. The van der Waals surface area contributed by atoms with Gasteiger partial charge in [0.2, 0.25) is 6.33 Å². The van der Waals surface area contributed by atoms with Crippen LogP contribution in [-0.4, -0.2) is 4.57 Å². The Kier molecular flexibility index (Phi) is 5.99. The lowest BCUT2D eigenvalue weighted by atomic mass is 9.81. The first-order valence-corrected chi connectivity index (χ1v) is 8.60. The molecule has 0 spiro atoms. The predicted molar refractivity (Wildman–Crippen MR) is 92.4 cm³/mol. The van der Waals surface area contributed by atoms with Crippen molar-refractivity contribution in [2.24, 2.45) is 0 Å². The molecule has 1 aliphatic rings. The number of allylic oxidation sites excluding steroid dienone is 1. The highest BCUT2D eigenvalue weighted by Gasteiger charge is 2.39. The average molecular weight is 416 g/mol. The summed E-state index contributed by atoms with van der Waals surface area (Å²) in [5.41, 5.74) is 2.51. The second-order valence-electron chi connectivity index (χ2n) is 5.93. The molecule has 0 saturated carbocycles. The molecule has 1 heterocycles. The molecule has 0 bridgehead atoms. The number of aryl methyl sites for hydroxylation is 1. The van der Waals surface area contributed by atoms with Crippen molar-refractivity contribution in [3.63, 3.8) is 0 Å². The maximum atomic E-state index is 6.55. The molecular formula is C18H21BrCl2N2. The van der Waals surface area contributed by atoms with Gasteiger partial charge in [0.15, 0.2) is 0 Å². The highest BCUT2D eigenvalue weighted by atomic mass is 79.9. The van der Waals surface area contributed by atoms with Gasteiger partial charge >= 0.3 is 0 Å². The Morgan fingerprint density at radius 2 is 1.96 bits per heavy atom. The minimum atomic E-state index is -0.145. The number of hydrogen-bond acceptors (Lipinski definition) is 0. The van der Waals surface area contributed by atoms with Crippen molar-refractivity contribution in [2.75, 3.05) is 0 Å². The third kappa shape index (κ3) is 3.24. The van der Waals surface area contributed by atoms with E-state index in [9.17, 15) is 0 Å². The van der Waals surface area contributed by atoms with Gasteiger partial charge in [-0.2, -0.15) is 0 Å². The zero-order valence-electron chi connectivity index (χ0n) is 13.4.